The van der Waals surface area contributed by atoms with Crippen molar-refractivity contribution in [2.24, 2.45) is 5.92 Å². The highest BCUT2D eigenvalue weighted by molar-refractivity contribution is 5.75. The molecule has 8 heteroatoms. The molecule has 8 nitrogen and oxygen atoms in total. The molecule has 1 aromatic heterocycles. The van der Waals surface area contributed by atoms with E-state index in [-0.39, 0.29) is 18.0 Å². The molecule has 0 aliphatic heterocycles. The Morgan fingerprint density at radius 1 is 1.45 bits per heavy atom. The van der Waals surface area contributed by atoms with Crippen LogP contribution in [0.25, 0.3) is 0 Å². The van der Waals surface area contributed by atoms with Crippen molar-refractivity contribution in [1.82, 2.24) is 20.8 Å². The van der Waals surface area contributed by atoms with Crippen molar-refractivity contribution in [2.45, 2.75) is 38.6 Å². The summed E-state index contributed by atoms with van der Waals surface area (Å²) in [6, 6.07) is -0.357. The molecule has 20 heavy (non-hydrogen) atoms. The lowest BCUT2D eigenvalue weighted by molar-refractivity contribution is -0.141. The molecule has 0 radical (unpaired) electrons. The number of aliphatic carboxylic acids is 1. The number of carbonyl (C=O) groups excluding carboxylic acids is 1. The maximum atomic E-state index is 11.6. The van der Waals surface area contributed by atoms with Crippen LogP contribution < -0.4 is 10.6 Å². The minimum Gasteiger partial charge on any atom is -0.481 e. The number of rotatable bonds is 5. The van der Waals surface area contributed by atoms with Gasteiger partial charge in [0.05, 0.1) is 5.92 Å². The number of carbonyl (C=O) groups is 2. The Kier molecular flexibility index (Phi) is 4.54. The van der Waals surface area contributed by atoms with E-state index < -0.39 is 5.97 Å². The van der Waals surface area contributed by atoms with Crippen molar-refractivity contribution in [2.75, 3.05) is 6.54 Å². The van der Waals surface area contributed by atoms with Gasteiger partial charge in [-0.05, 0) is 19.3 Å². The first-order chi connectivity index (χ1) is 9.54. The van der Waals surface area contributed by atoms with E-state index >= 15 is 0 Å². The molecule has 2 atom stereocenters. The van der Waals surface area contributed by atoms with E-state index in [0.717, 1.165) is 0 Å². The van der Waals surface area contributed by atoms with Crippen LogP contribution in [0, 0.1) is 12.8 Å². The summed E-state index contributed by atoms with van der Waals surface area (Å²) < 4.78 is 4.82. The molecule has 3 N–H and O–H groups in total. The van der Waals surface area contributed by atoms with Crippen LogP contribution in [0.15, 0.2) is 4.52 Å². The standard InChI is InChI=1S/C12H18N4O4/c1-7-14-10(16-20-7)4-5-13-12(19)15-9-3-2-8(6-9)11(17)18/h8-9H,2-6H2,1H3,(H,17,18)(H2,13,15,19). The Hall–Kier alpha value is -2.12. The van der Waals surface area contributed by atoms with Crippen LogP contribution in [0.5, 0.6) is 0 Å². The number of carboxylic acid groups (broad SMARTS) is 1. The van der Waals surface area contributed by atoms with E-state index in [2.05, 4.69) is 20.8 Å². The third kappa shape index (κ3) is 3.94. The Balaban J connectivity index is 1.65. The summed E-state index contributed by atoms with van der Waals surface area (Å²) >= 11 is 0. The van der Waals surface area contributed by atoms with Gasteiger partial charge in [-0.25, -0.2) is 4.79 Å². The first kappa shape index (κ1) is 14.3. The number of carboxylic acids is 1. The Labute approximate surface area is 115 Å². The monoisotopic (exact) mass is 282 g/mol. The molecule has 2 amide bonds. The largest absolute Gasteiger partial charge is 0.481 e. The molecule has 1 saturated carbocycles. The summed E-state index contributed by atoms with van der Waals surface area (Å²) in [5.41, 5.74) is 0. The molecule has 1 heterocycles. The van der Waals surface area contributed by atoms with Crippen LogP contribution in [0.2, 0.25) is 0 Å². The van der Waals surface area contributed by atoms with E-state index in [1.807, 2.05) is 0 Å². The molecule has 2 rings (SSSR count). The number of hydrogen-bond donors (Lipinski definition) is 3. The molecule has 1 fully saturated rings. The first-order valence-corrected chi connectivity index (χ1v) is 6.61. The molecule has 1 aromatic rings. The predicted octanol–water partition coefficient (Wildman–Crippen LogP) is 0.473. The number of nitrogens with one attached hydrogen (secondary N) is 2. The van der Waals surface area contributed by atoms with Crippen molar-refractivity contribution in [3.63, 3.8) is 0 Å². The second kappa shape index (κ2) is 6.36. The van der Waals surface area contributed by atoms with Gasteiger partial charge in [0.2, 0.25) is 5.89 Å². The van der Waals surface area contributed by atoms with Crippen molar-refractivity contribution in [1.29, 1.82) is 0 Å². The van der Waals surface area contributed by atoms with Gasteiger partial charge >= 0.3 is 12.0 Å². The lowest BCUT2D eigenvalue weighted by Gasteiger charge is -2.12. The second-order valence-corrected chi connectivity index (χ2v) is 4.92. The highest BCUT2D eigenvalue weighted by atomic mass is 16.5. The Bertz CT molecular complexity index is 488. The molecule has 1 aliphatic carbocycles. The van der Waals surface area contributed by atoms with Crippen LogP contribution in [-0.2, 0) is 11.2 Å². The van der Waals surface area contributed by atoms with Gasteiger partial charge in [0.25, 0.3) is 0 Å². The number of nitrogens with zero attached hydrogens (tertiary/aromatic N) is 2. The average molecular weight is 282 g/mol. The molecular weight excluding hydrogens is 264 g/mol. The van der Waals surface area contributed by atoms with Crippen LogP contribution in [0.3, 0.4) is 0 Å². The minimum atomic E-state index is -0.790. The van der Waals surface area contributed by atoms with Gasteiger partial charge in [0, 0.05) is 25.9 Å². The van der Waals surface area contributed by atoms with Crippen LogP contribution in [-0.4, -0.2) is 39.8 Å². The number of urea groups is 1. The second-order valence-electron chi connectivity index (χ2n) is 4.92. The maximum absolute atomic E-state index is 11.6. The Morgan fingerprint density at radius 2 is 2.25 bits per heavy atom. The van der Waals surface area contributed by atoms with Crippen LogP contribution in [0.4, 0.5) is 4.79 Å². The van der Waals surface area contributed by atoms with E-state index in [9.17, 15) is 9.59 Å². The topological polar surface area (TPSA) is 117 Å². The summed E-state index contributed by atoms with van der Waals surface area (Å²) in [4.78, 5) is 26.5. The summed E-state index contributed by atoms with van der Waals surface area (Å²) in [7, 11) is 0. The van der Waals surface area contributed by atoms with E-state index in [4.69, 9.17) is 9.63 Å². The van der Waals surface area contributed by atoms with Gasteiger partial charge in [-0.15, -0.1) is 0 Å². The molecule has 0 spiro atoms. The fourth-order valence-electron chi connectivity index (χ4n) is 2.30. The van der Waals surface area contributed by atoms with Gasteiger partial charge in [-0.3, -0.25) is 4.79 Å². The van der Waals surface area contributed by atoms with Gasteiger partial charge in [0.1, 0.15) is 0 Å². The lowest BCUT2D eigenvalue weighted by atomic mass is 10.1. The molecule has 0 aromatic carbocycles. The molecular formula is C12H18N4O4. The average Bonchev–Trinajstić information content (AvgIpc) is 2.99. The van der Waals surface area contributed by atoms with Crippen molar-refractivity contribution in [3.8, 4) is 0 Å². The van der Waals surface area contributed by atoms with Crippen molar-refractivity contribution in [3.05, 3.63) is 11.7 Å². The van der Waals surface area contributed by atoms with Crippen LogP contribution in [0.1, 0.15) is 31.0 Å². The molecule has 110 valence electrons. The fourth-order valence-corrected chi connectivity index (χ4v) is 2.30. The quantitative estimate of drug-likeness (QED) is 0.722. The fraction of sp³-hybridized carbons (Fsp3) is 0.667. The smallest absolute Gasteiger partial charge is 0.315 e. The van der Waals surface area contributed by atoms with Crippen LogP contribution >= 0.6 is 0 Å². The zero-order chi connectivity index (χ0) is 14.5. The number of hydrogen-bond acceptors (Lipinski definition) is 5. The zero-order valence-electron chi connectivity index (χ0n) is 11.3. The summed E-state index contributed by atoms with van der Waals surface area (Å²) in [6.07, 6.45) is 2.30. The van der Waals surface area contributed by atoms with Gasteiger partial charge in [0.15, 0.2) is 5.82 Å². The van der Waals surface area contributed by atoms with Crippen molar-refractivity contribution >= 4 is 12.0 Å². The highest BCUT2D eigenvalue weighted by Crippen LogP contribution is 2.25. The highest BCUT2D eigenvalue weighted by Gasteiger charge is 2.30. The first-order valence-electron chi connectivity index (χ1n) is 6.61. The lowest BCUT2D eigenvalue weighted by Crippen LogP contribution is -2.42. The summed E-state index contributed by atoms with van der Waals surface area (Å²) in [5.74, 6) is -0.0884. The zero-order valence-corrected chi connectivity index (χ0v) is 11.3. The van der Waals surface area contributed by atoms with Gasteiger partial charge < -0.3 is 20.3 Å². The molecule has 0 bridgehead atoms. The third-order valence-corrected chi connectivity index (χ3v) is 3.32. The normalized spacial score (nSPS) is 21.6. The predicted molar refractivity (Wildman–Crippen MR) is 68.0 cm³/mol. The number of amides is 2. The number of aryl methyl sites for hydroxylation is 1. The van der Waals surface area contributed by atoms with Gasteiger partial charge in [-0.2, -0.15) is 4.98 Å². The maximum Gasteiger partial charge on any atom is 0.315 e. The minimum absolute atomic E-state index is 0.0662. The number of aromatic nitrogens is 2. The molecule has 2 unspecified atom stereocenters. The van der Waals surface area contributed by atoms with E-state index in [0.29, 0.717) is 43.9 Å². The molecule has 0 saturated heterocycles. The summed E-state index contributed by atoms with van der Waals surface area (Å²) in [6.45, 7) is 2.11. The van der Waals surface area contributed by atoms with E-state index in [1.165, 1.54) is 0 Å². The van der Waals surface area contributed by atoms with Gasteiger partial charge in [-0.1, -0.05) is 5.16 Å². The van der Waals surface area contributed by atoms with E-state index in [1.54, 1.807) is 6.92 Å². The van der Waals surface area contributed by atoms with Crippen molar-refractivity contribution < 1.29 is 19.2 Å². The molecule has 1 aliphatic rings. The Morgan fingerprint density at radius 3 is 2.85 bits per heavy atom. The SMILES string of the molecule is Cc1nc(CCNC(=O)NC2CCC(C(=O)O)C2)no1. The third-order valence-electron chi connectivity index (χ3n) is 3.32. The summed E-state index contributed by atoms with van der Waals surface area (Å²) in [5, 5.41) is 18.1.